The van der Waals surface area contributed by atoms with Gasteiger partial charge < -0.3 is 9.32 Å². The minimum atomic E-state index is 0.728. The summed E-state index contributed by atoms with van der Waals surface area (Å²) < 4.78 is 5.67. The quantitative estimate of drug-likeness (QED) is 0.720. The number of aryl methyl sites for hydroxylation is 1. The molecular weight excluding hydrogens is 202 g/mol. The van der Waals surface area contributed by atoms with Crippen LogP contribution in [0.4, 0.5) is 6.01 Å². The molecule has 1 aromatic heterocycles. The highest BCUT2D eigenvalue weighted by Crippen LogP contribution is 2.18. The van der Waals surface area contributed by atoms with Gasteiger partial charge in [0.05, 0.1) is 0 Å². The minimum absolute atomic E-state index is 0.728. The van der Waals surface area contributed by atoms with Gasteiger partial charge in [0.15, 0.2) is 0 Å². The molecule has 0 amide bonds. The first-order chi connectivity index (χ1) is 7.90. The zero-order chi connectivity index (χ0) is 11.2. The van der Waals surface area contributed by atoms with E-state index in [4.69, 9.17) is 4.42 Å². The van der Waals surface area contributed by atoms with Gasteiger partial charge in [-0.15, -0.1) is 5.10 Å². The molecule has 1 aromatic rings. The van der Waals surface area contributed by atoms with Crippen molar-refractivity contribution in [3.05, 3.63) is 5.89 Å². The predicted octanol–water partition coefficient (Wildman–Crippen LogP) is 2.79. The molecule has 4 nitrogen and oxygen atoms in total. The number of hydrogen-bond donors (Lipinski definition) is 0. The highest BCUT2D eigenvalue weighted by Gasteiger charge is 2.16. The van der Waals surface area contributed by atoms with E-state index in [0.29, 0.717) is 0 Å². The monoisotopic (exact) mass is 223 g/mol. The SMILES string of the molecule is CCCCCc1nnc(N2CCCCC2)o1. The van der Waals surface area contributed by atoms with E-state index in [1.165, 1.54) is 32.1 Å². The fourth-order valence-electron chi connectivity index (χ4n) is 2.08. The van der Waals surface area contributed by atoms with Crippen LogP contribution in [0, 0.1) is 0 Å². The summed E-state index contributed by atoms with van der Waals surface area (Å²) in [5, 5.41) is 8.23. The van der Waals surface area contributed by atoms with E-state index < -0.39 is 0 Å². The zero-order valence-electron chi connectivity index (χ0n) is 10.1. The third kappa shape index (κ3) is 2.97. The molecule has 2 heterocycles. The summed E-state index contributed by atoms with van der Waals surface area (Å²) in [5.41, 5.74) is 0. The summed E-state index contributed by atoms with van der Waals surface area (Å²) in [4.78, 5) is 2.21. The Balaban J connectivity index is 1.85. The average molecular weight is 223 g/mol. The van der Waals surface area contributed by atoms with Crippen LogP contribution < -0.4 is 4.90 Å². The van der Waals surface area contributed by atoms with Crippen molar-refractivity contribution in [3.63, 3.8) is 0 Å². The molecule has 0 radical (unpaired) electrons. The summed E-state index contributed by atoms with van der Waals surface area (Å²) in [7, 11) is 0. The molecule has 0 atom stereocenters. The molecule has 1 aliphatic rings. The van der Waals surface area contributed by atoms with Gasteiger partial charge in [-0.3, -0.25) is 0 Å². The van der Waals surface area contributed by atoms with E-state index in [0.717, 1.165) is 37.8 Å². The molecule has 0 N–H and O–H groups in total. The maximum Gasteiger partial charge on any atom is 0.318 e. The standard InChI is InChI=1S/C12H21N3O/c1-2-3-5-8-11-13-14-12(16-11)15-9-6-4-7-10-15/h2-10H2,1H3. The van der Waals surface area contributed by atoms with Crippen molar-refractivity contribution >= 4 is 6.01 Å². The number of rotatable bonds is 5. The van der Waals surface area contributed by atoms with Gasteiger partial charge in [-0.2, -0.15) is 0 Å². The van der Waals surface area contributed by atoms with Crippen LogP contribution in [0.2, 0.25) is 0 Å². The summed E-state index contributed by atoms with van der Waals surface area (Å²) in [5.74, 6) is 0.800. The predicted molar refractivity (Wildman–Crippen MR) is 63.6 cm³/mol. The van der Waals surface area contributed by atoms with Gasteiger partial charge in [0, 0.05) is 19.5 Å². The highest BCUT2D eigenvalue weighted by atomic mass is 16.4. The first-order valence-electron chi connectivity index (χ1n) is 6.47. The third-order valence-electron chi connectivity index (χ3n) is 3.08. The van der Waals surface area contributed by atoms with E-state index in [1.807, 2.05) is 0 Å². The molecule has 0 saturated carbocycles. The Bertz CT molecular complexity index is 305. The summed E-state index contributed by atoms with van der Waals surface area (Å²) in [6.45, 7) is 4.33. The largest absolute Gasteiger partial charge is 0.408 e. The van der Waals surface area contributed by atoms with Crippen molar-refractivity contribution < 1.29 is 4.42 Å². The highest BCUT2D eigenvalue weighted by molar-refractivity contribution is 5.24. The molecule has 1 aliphatic heterocycles. The topological polar surface area (TPSA) is 42.2 Å². The van der Waals surface area contributed by atoms with Crippen LogP contribution in [-0.4, -0.2) is 23.3 Å². The summed E-state index contributed by atoms with van der Waals surface area (Å²) in [6.07, 6.45) is 8.36. The van der Waals surface area contributed by atoms with E-state index >= 15 is 0 Å². The zero-order valence-corrected chi connectivity index (χ0v) is 10.1. The fraction of sp³-hybridized carbons (Fsp3) is 0.833. The van der Waals surface area contributed by atoms with Crippen LogP contribution in [0.5, 0.6) is 0 Å². The Kier molecular flexibility index (Phi) is 4.19. The van der Waals surface area contributed by atoms with Crippen molar-refractivity contribution in [1.29, 1.82) is 0 Å². The molecule has 4 heteroatoms. The molecule has 0 spiro atoms. The maximum absolute atomic E-state index is 5.67. The normalized spacial score (nSPS) is 16.7. The fourth-order valence-corrected chi connectivity index (χ4v) is 2.08. The first kappa shape index (κ1) is 11.4. The Hall–Kier alpha value is -1.06. The Morgan fingerprint density at radius 2 is 1.94 bits per heavy atom. The number of piperidine rings is 1. The molecule has 16 heavy (non-hydrogen) atoms. The molecule has 0 aliphatic carbocycles. The van der Waals surface area contributed by atoms with Gasteiger partial charge in [0.25, 0.3) is 0 Å². The second-order valence-electron chi connectivity index (χ2n) is 4.48. The van der Waals surface area contributed by atoms with Crippen molar-refractivity contribution in [2.45, 2.75) is 51.9 Å². The van der Waals surface area contributed by atoms with Gasteiger partial charge in [-0.1, -0.05) is 24.9 Å². The lowest BCUT2D eigenvalue weighted by molar-refractivity contribution is 0.454. The van der Waals surface area contributed by atoms with E-state index in [1.54, 1.807) is 0 Å². The van der Waals surface area contributed by atoms with Gasteiger partial charge >= 0.3 is 6.01 Å². The second-order valence-corrected chi connectivity index (χ2v) is 4.48. The van der Waals surface area contributed by atoms with E-state index in [2.05, 4.69) is 22.0 Å². The lowest BCUT2D eigenvalue weighted by Gasteiger charge is -2.24. The van der Waals surface area contributed by atoms with Crippen LogP contribution >= 0.6 is 0 Å². The third-order valence-corrected chi connectivity index (χ3v) is 3.08. The van der Waals surface area contributed by atoms with Crippen molar-refractivity contribution in [2.24, 2.45) is 0 Å². The molecule has 1 fully saturated rings. The number of nitrogens with zero attached hydrogens (tertiary/aromatic N) is 3. The van der Waals surface area contributed by atoms with Crippen LogP contribution in [0.3, 0.4) is 0 Å². The summed E-state index contributed by atoms with van der Waals surface area (Å²) in [6, 6.07) is 0.728. The molecular formula is C12H21N3O. The van der Waals surface area contributed by atoms with E-state index in [9.17, 15) is 0 Å². The Morgan fingerprint density at radius 1 is 1.12 bits per heavy atom. The lowest BCUT2D eigenvalue weighted by atomic mass is 10.1. The van der Waals surface area contributed by atoms with Gasteiger partial charge in [-0.05, 0) is 25.7 Å². The number of anilines is 1. The van der Waals surface area contributed by atoms with Crippen LogP contribution in [0.25, 0.3) is 0 Å². The van der Waals surface area contributed by atoms with Gasteiger partial charge in [0.1, 0.15) is 0 Å². The van der Waals surface area contributed by atoms with Crippen LogP contribution in [-0.2, 0) is 6.42 Å². The molecule has 1 saturated heterocycles. The number of aromatic nitrogens is 2. The average Bonchev–Trinajstić information content (AvgIpc) is 2.79. The molecule has 2 rings (SSSR count). The van der Waals surface area contributed by atoms with Gasteiger partial charge in [0.2, 0.25) is 5.89 Å². The molecule has 0 bridgehead atoms. The van der Waals surface area contributed by atoms with Gasteiger partial charge in [-0.25, -0.2) is 0 Å². The lowest BCUT2D eigenvalue weighted by Crippen LogP contribution is -2.29. The molecule has 0 aromatic carbocycles. The van der Waals surface area contributed by atoms with E-state index in [-0.39, 0.29) is 0 Å². The Labute approximate surface area is 97.0 Å². The van der Waals surface area contributed by atoms with Crippen molar-refractivity contribution in [3.8, 4) is 0 Å². The minimum Gasteiger partial charge on any atom is -0.408 e. The van der Waals surface area contributed by atoms with Crippen molar-refractivity contribution in [1.82, 2.24) is 10.2 Å². The molecule has 90 valence electrons. The summed E-state index contributed by atoms with van der Waals surface area (Å²) >= 11 is 0. The van der Waals surface area contributed by atoms with Crippen LogP contribution in [0.15, 0.2) is 4.42 Å². The van der Waals surface area contributed by atoms with Crippen molar-refractivity contribution in [2.75, 3.05) is 18.0 Å². The molecule has 0 unspecified atom stereocenters. The number of unbranched alkanes of at least 4 members (excludes halogenated alkanes) is 2. The maximum atomic E-state index is 5.67. The first-order valence-corrected chi connectivity index (χ1v) is 6.47. The van der Waals surface area contributed by atoms with Crippen LogP contribution in [0.1, 0.15) is 51.3 Å². The smallest absolute Gasteiger partial charge is 0.318 e. The second kappa shape index (κ2) is 5.87. The Morgan fingerprint density at radius 3 is 2.69 bits per heavy atom. The number of hydrogen-bond acceptors (Lipinski definition) is 4.